The first kappa shape index (κ1) is 20.3. The Morgan fingerprint density at radius 1 is 1.21 bits per heavy atom. The van der Waals surface area contributed by atoms with E-state index in [1.54, 1.807) is 24.1 Å². The van der Waals surface area contributed by atoms with Crippen molar-refractivity contribution < 1.29 is 22.7 Å². The van der Waals surface area contributed by atoms with Gasteiger partial charge < -0.3 is 4.74 Å². The molecule has 1 amide bonds. The van der Waals surface area contributed by atoms with Crippen LogP contribution < -0.4 is 4.74 Å². The summed E-state index contributed by atoms with van der Waals surface area (Å²) in [6.07, 6.45) is -3.44. The zero-order chi connectivity index (χ0) is 20.1. The maximum Gasteiger partial charge on any atom is 0.416 e. The van der Waals surface area contributed by atoms with Crippen molar-refractivity contribution in [1.82, 2.24) is 4.90 Å². The largest absolute Gasteiger partial charge is 0.497 e. The van der Waals surface area contributed by atoms with Crippen molar-refractivity contribution in [2.45, 2.75) is 19.0 Å². The number of halogens is 3. The Morgan fingerprint density at radius 3 is 2.64 bits per heavy atom. The molecular weight excluding hydrogens is 389 g/mol. The number of aliphatic imine (C=N–C) groups is 1. The number of amides is 1. The quantitative estimate of drug-likeness (QED) is 0.722. The summed E-state index contributed by atoms with van der Waals surface area (Å²) in [7, 11) is 1.57. The molecule has 28 heavy (non-hydrogen) atoms. The molecule has 0 radical (unpaired) electrons. The number of hydrogen-bond acceptors (Lipinski definition) is 4. The monoisotopic (exact) mass is 408 g/mol. The van der Waals surface area contributed by atoms with Gasteiger partial charge in [0.05, 0.1) is 24.8 Å². The number of alkyl halides is 3. The molecule has 1 saturated heterocycles. The van der Waals surface area contributed by atoms with E-state index in [9.17, 15) is 18.0 Å². The van der Waals surface area contributed by atoms with Crippen molar-refractivity contribution in [3.05, 3.63) is 59.7 Å². The third-order valence-electron chi connectivity index (χ3n) is 4.20. The molecule has 1 fully saturated rings. The zero-order valence-corrected chi connectivity index (χ0v) is 16.0. The number of carbonyl (C=O) groups is 1. The molecule has 0 saturated carbocycles. The smallest absolute Gasteiger partial charge is 0.416 e. The molecule has 1 heterocycles. The summed E-state index contributed by atoms with van der Waals surface area (Å²) in [6, 6.07) is 12.0. The number of thioether (sulfide) groups is 1. The molecule has 0 unspecified atom stereocenters. The van der Waals surface area contributed by atoms with Gasteiger partial charge in [-0.05, 0) is 42.3 Å². The number of carbonyl (C=O) groups excluding carboxylic acids is 1. The lowest BCUT2D eigenvalue weighted by Gasteiger charge is -2.28. The van der Waals surface area contributed by atoms with Gasteiger partial charge in [0.1, 0.15) is 5.75 Å². The molecule has 1 aliphatic rings. The molecule has 1 aliphatic heterocycles. The predicted molar refractivity (Wildman–Crippen MR) is 104 cm³/mol. The topological polar surface area (TPSA) is 41.9 Å². The first-order chi connectivity index (χ1) is 13.4. The number of ether oxygens (including phenoxy) is 1. The SMILES string of the molecule is COc1ccc(CC(=O)N2CCCSC2=Nc2cccc(C(F)(F)F)c2)cc1. The minimum Gasteiger partial charge on any atom is -0.497 e. The molecule has 148 valence electrons. The van der Waals surface area contributed by atoms with Gasteiger partial charge in [-0.3, -0.25) is 9.69 Å². The van der Waals surface area contributed by atoms with E-state index < -0.39 is 11.7 Å². The number of benzene rings is 2. The Labute approximate surface area is 165 Å². The van der Waals surface area contributed by atoms with Gasteiger partial charge in [0, 0.05) is 12.3 Å². The molecule has 2 aromatic rings. The normalized spacial score (nSPS) is 16.3. The maximum atomic E-state index is 12.9. The molecule has 0 N–H and O–H groups in total. The predicted octanol–water partition coefficient (Wildman–Crippen LogP) is 4.91. The number of nitrogens with zero attached hydrogens (tertiary/aromatic N) is 2. The Bertz CT molecular complexity index is 866. The van der Waals surface area contributed by atoms with E-state index in [-0.39, 0.29) is 18.0 Å². The Morgan fingerprint density at radius 2 is 1.96 bits per heavy atom. The summed E-state index contributed by atoms with van der Waals surface area (Å²) < 4.78 is 43.9. The van der Waals surface area contributed by atoms with E-state index in [1.807, 2.05) is 12.1 Å². The highest BCUT2D eigenvalue weighted by molar-refractivity contribution is 8.13. The van der Waals surface area contributed by atoms with Gasteiger partial charge in [0.25, 0.3) is 0 Å². The van der Waals surface area contributed by atoms with Crippen molar-refractivity contribution in [3.8, 4) is 5.75 Å². The van der Waals surface area contributed by atoms with Crippen LogP contribution in [0.1, 0.15) is 17.5 Å². The van der Waals surface area contributed by atoms with Crippen LogP contribution in [-0.4, -0.2) is 35.4 Å². The number of rotatable bonds is 4. The second-order valence-corrected chi connectivity index (χ2v) is 7.28. The van der Waals surface area contributed by atoms with E-state index in [0.717, 1.165) is 29.9 Å². The zero-order valence-electron chi connectivity index (χ0n) is 15.2. The van der Waals surface area contributed by atoms with Crippen LogP contribution in [0.4, 0.5) is 18.9 Å². The minimum atomic E-state index is -4.43. The highest BCUT2D eigenvalue weighted by atomic mass is 32.2. The van der Waals surface area contributed by atoms with Gasteiger partial charge in [-0.2, -0.15) is 13.2 Å². The maximum absolute atomic E-state index is 12.9. The van der Waals surface area contributed by atoms with Gasteiger partial charge in [-0.1, -0.05) is 30.0 Å². The van der Waals surface area contributed by atoms with Crippen LogP contribution in [0.3, 0.4) is 0 Å². The van der Waals surface area contributed by atoms with Crippen LogP contribution >= 0.6 is 11.8 Å². The average molecular weight is 408 g/mol. The van der Waals surface area contributed by atoms with E-state index in [1.165, 1.54) is 23.9 Å². The lowest BCUT2D eigenvalue weighted by atomic mass is 10.1. The van der Waals surface area contributed by atoms with Crippen molar-refractivity contribution in [2.75, 3.05) is 19.4 Å². The summed E-state index contributed by atoms with van der Waals surface area (Å²) in [5, 5.41) is 0.434. The minimum absolute atomic E-state index is 0.136. The van der Waals surface area contributed by atoms with Crippen molar-refractivity contribution in [3.63, 3.8) is 0 Å². The van der Waals surface area contributed by atoms with Crippen molar-refractivity contribution >= 4 is 28.5 Å². The lowest BCUT2D eigenvalue weighted by molar-refractivity contribution is -0.137. The molecule has 4 nitrogen and oxygen atoms in total. The first-order valence-corrected chi connectivity index (χ1v) is 9.67. The number of hydrogen-bond donors (Lipinski definition) is 0. The number of amidine groups is 1. The highest BCUT2D eigenvalue weighted by Gasteiger charge is 2.30. The Kier molecular flexibility index (Phi) is 6.28. The van der Waals surface area contributed by atoms with Crippen molar-refractivity contribution in [1.29, 1.82) is 0 Å². The summed E-state index contributed by atoms with van der Waals surface area (Å²) in [5.74, 6) is 1.34. The van der Waals surface area contributed by atoms with E-state index in [2.05, 4.69) is 4.99 Å². The fraction of sp³-hybridized carbons (Fsp3) is 0.300. The van der Waals surface area contributed by atoms with Crippen LogP contribution in [0.25, 0.3) is 0 Å². The lowest BCUT2D eigenvalue weighted by Crippen LogP contribution is -2.40. The van der Waals surface area contributed by atoms with Crippen LogP contribution in [0.2, 0.25) is 0 Å². The van der Waals surface area contributed by atoms with E-state index in [0.29, 0.717) is 17.5 Å². The average Bonchev–Trinajstić information content (AvgIpc) is 2.68. The molecule has 0 aliphatic carbocycles. The van der Waals surface area contributed by atoms with Crippen molar-refractivity contribution in [2.24, 2.45) is 4.99 Å². The molecule has 0 bridgehead atoms. The Hall–Kier alpha value is -2.48. The van der Waals surface area contributed by atoms with Gasteiger partial charge in [0.15, 0.2) is 5.17 Å². The molecule has 2 aromatic carbocycles. The van der Waals surface area contributed by atoms with E-state index in [4.69, 9.17) is 4.74 Å². The van der Waals surface area contributed by atoms with Gasteiger partial charge >= 0.3 is 6.18 Å². The van der Waals surface area contributed by atoms with Gasteiger partial charge in [0.2, 0.25) is 5.91 Å². The van der Waals surface area contributed by atoms with Crippen LogP contribution in [0, 0.1) is 0 Å². The van der Waals surface area contributed by atoms with Gasteiger partial charge in [-0.15, -0.1) is 0 Å². The van der Waals surface area contributed by atoms with Crippen LogP contribution in [0.15, 0.2) is 53.5 Å². The second-order valence-electron chi connectivity index (χ2n) is 6.21. The molecular formula is C20H19F3N2O2S. The highest BCUT2D eigenvalue weighted by Crippen LogP contribution is 2.32. The summed E-state index contributed by atoms with van der Waals surface area (Å²) >= 11 is 1.38. The van der Waals surface area contributed by atoms with Crippen LogP contribution in [0.5, 0.6) is 5.75 Å². The third-order valence-corrected chi connectivity index (χ3v) is 5.26. The molecule has 8 heteroatoms. The Balaban J connectivity index is 1.79. The summed E-state index contributed by atoms with van der Waals surface area (Å²) in [6.45, 7) is 0.500. The summed E-state index contributed by atoms with van der Waals surface area (Å²) in [4.78, 5) is 18.7. The standard InChI is InChI=1S/C20H19F3N2O2S/c1-27-17-8-6-14(7-9-17)12-18(26)25-10-3-11-28-19(25)24-16-5-2-4-15(13-16)20(21,22)23/h2,4-9,13H,3,10-12H2,1H3. The fourth-order valence-corrected chi connectivity index (χ4v) is 3.73. The van der Waals surface area contributed by atoms with Crippen LogP contribution in [-0.2, 0) is 17.4 Å². The second kappa shape index (κ2) is 8.68. The molecule has 0 aromatic heterocycles. The van der Waals surface area contributed by atoms with Gasteiger partial charge in [-0.25, -0.2) is 4.99 Å². The molecule has 3 rings (SSSR count). The van der Waals surface area contributed by atoms with E-state index >= 15 is 0 Å². The fourth-order valence-electron chi connectivity index (χ4n) is 2.76. The summed E-state index contributed by atoms with van der Waals surface area (Å²) in [5.41, 5.74) is 0.257. The molecule has 0 spiro atoms. The number of methoxy groups -OCH3 is 1. The molecule has 0 atom stereocenters. The first-order valence-electron chi connectivity index (χ1n) is 8.69. The third kappa shape index (κ3) is 5.07.